The summed E-state index contributed by atoms with van der Waals surface area (Å²) in [6.07, 6.45) is 0.211. The maximum atomic E-state index is 11.8. The van der Waals surface area contributed by atoms with Gasteiger partial charge >= 0.3 is 0 Å². The van der Waals surface area contributed by atoms with Crippen LogP contribution in [-0.2, 0) is 16.1 Å². The third kappa shape index (κ3) is 3.48. The first-order chi connectivity index (χ1) is 10.4. The van der Waals surface area contributed by atoms with Gasteiger partial charge in [-0.25, -0.2) is 20.1 Å². The van der Waals surface area contributed by atoms with Gasteiger partial charge in [0.1, 0.15) is 0 Å². The van der Waals surface area contributed by atoms with Crippen LogP contribution in [0.1, 0.15) is 35.3 Å². The minimum absolute atomic E-state index is 0.200. The standard InChI is InChI=1S/C15H21N5O2/c1-6-22-19-14(21)8-13-11(4)18-20(12(13)5)15-16-9(2)7-10(3)17-15/h7H,6,8H2,1-5H3,(H,19,21). The van der Waals surface area contributed by atoms with Crippen molar-refractivity contribution in [2.24, 2.45) is 0 Å². The van der Waals surface area contributed by atoms with E-state index < -0.39 is 0 Å². The van der Waals surface area contributed by atoms with Crippen LogP contribution in [0.25, 0.3) is 5.95 Å². The zero-order chi connectivity index (χ0) is 16.3. The van der Waals surface area contributed by atoms with Crippen LogP contribution < -0.4 is 5.48 Å². The van der Waals surface area contributed by atoms with Crippen molar-refractivity contribution < 1.29 is 9.63 Å². The van der Waals surface area contributed by atoms with Gasteiger partial charge in [-0.2, -0.15) is 5.10 Å². The molecule has 7 nitrogen and oxygen atoms in total. The Labute approximate surface area is 129 Å². The minimum Gasteiger partial charge on any atom is -0.274 e. The molecule has 0 bridgehead atoms. The predicted octanol–water partition coefficient (Wildman–Crippen LogP) is 1.51. The topological polar surface area (TPSA) is 81.9 Å². The molecule has 1 N–H and O–H groups in total. The molecule has 2 rings (SSSR count). The summed E-state index contributed by atoms with van der Waals surface area (Å²) in [4.78, 5) is 25.6. The van der Waals surface area contributed by atoms with Gasteiger partial charge in [-0.15, -0.1) is 0 Å². The second-order valence-corrected chi connectivity index (χ2v) is 5.15. The molecule has 0 aromatic carbocycles. The number of hydrogen-bond acceptors (Lipinski definition) is 5. The quantitative estimate of drug-likeness (QED) is 0.847. The lowest BCUT2D eigenvalue weighted by Gasteiger charge is -2.06. The van der Waals surface area contributed by atoms with Gasteiger partial charge in [-0.1, -0.05) is 0 Å². The van der Waals surface area contributed by atoms with Crippen molar-refractivity contribution in [3.63, 3.8) is 0 Å². The lowest BCUT2D eigenvalue weighted by atomic mass is 10.1. The van der Waals surface area contributed by atoms with Crippen molar-refractivity contribution in [3.05, 3.63) is 34.4 Å². The van der Waals surface area contributed by atoms with Gasteiger partial charge in [0.2, 0.25) is 5.91 Å². The third-order valence-electron chi connectivity index (χ3n) is 3.27. The molecular formula is C15H21N5O2. The summed E-state index contributed by atoms with van der Waals surface area (Å²) in [5, 5.41) is 4.47. The first-order valence-electron chi connectivity index (χ1n) is 7.20. The van der Waals surface area contributed by atoms with Crippen molar-refractivity contribution in [1.82, 2.24) is 25.2 Å². The molecule has 2 heterocycles. The molecule has 2 aromatic heterocycles. The molecule has 7 heteroatoms. The Morgan fingerprint density at radius 1 is 1.23 bits per heavy atom. The number of aromatic nitrogens is 4. The molecule has 0 saturated carbocycles. The van der Waals surface area contributed by atoms with Crippen LogP contribution in [-0.4, -0.2) is 32.3 Å². The zero-order valence-electron chi connectivity index (χ0n) is 13.6. The molecule has 0 aliphatic rings. The molecule has 0 aliphatic heterocycles. The molecule has 0 fully saturated rings. The minimum atomic E-state index is -0.200. The predicted molar refractivity (Wildman–Crippen MR) is 81.6 cm³/mol. The van der Waals surface area contributed by atoms with Crippen LogP contribution in [0.5, 0.6) is 0 Å². The molecule has 0 unspecified atom stereocenters. The number of aryl methyl sites for hydroxylation is 3. The largest absolute Gasteiger partial charge is 0.274 e. The van der Waals surface area contributed by atoms with E-state index in [1.165, 1.54) is 0 Å². The van der Waals surface area contributed by atoms with Gasteiger partial charge < -0.3 is 0 Å². The van der Waals surface area contributed by atoms with E-state index in [-0.39, 0.29) is 12.3 Å². The molecular weight excluding hydrogens is 282 g/mol. The average molecular weight is 303 g/mol. The maximum Gasteiger partial charge on any atom is 0.251 e. The van der Waals surface area contributed by atoms with E-state index >= 15 is 0 Å². The fourth-order valence-electron chi connectivity index (χ4n) is 2.28. The second-order valence-electron chi connectivity index (χ2n) is 5.15. The Hall–Kier alpha value is -2.28. The Morgan fingerprint density at radius 3 is 2.45 bits per heavy atom. The number of amides is 1. The number of nitrogens with zero attached hydrogens (tertiary/aromatic N) is 4. The van der Waals surface area contributed by atoms with Gasteiger partial charge in [0.15, 0.2) is 0 Å². The number of hydrogen-bond donors (Lipinski definition) is 1. The van der Waals surface area contributed by atoms with E-state index in [1.807, 2.05) is 40.7 Å². The van der Waals surface area contributed by atoms with Crippen molar-refractivity contribution in [1.29, 1.82) is 0 Å². The number of nitrogens with one attached hydrogen (secondary N) is 1. The highest BCUT2D eigenvalue weighted by atomic mass is 16.6. The fraction of sp³-hybridized carbons (Fsp3) is 0.467. The summed E-state index contributed by atoms with van der Waals surface area (Å²) in [6, 6.07) is 1.91. The van der Waals surface area contributed by atoms with Gasteiger partial charge in [0.05, 0.1) is 18.7 Å². The van der Waals surface area contributed by atoms with Crippen LogP contribution >= 0.6 is 0 Å². The lowest BCUT2D eigenvalue weighted by molar-refractivity contribution is -0.132. The normalized spacial score (nSPS) is 10.8. The molecule has 0 aliphatic carbocycles. The van der Waals surface area contributed by atoms with E-state index in [1.54, 1.807) is 4.68 Å². The second kappa shape index (κ2) is 6.65. The molecule has 0 saturated heterocycles. The first kappa shape index (κ1) is 16.1. The van der Waals surface area contributed by atoms with E-state index in [4.69, 9.17) is 4.84 Å². The first-order valence-corrected chi connectivity index (χ1v) is 7.20. The Balaban J connectivity index is 2.32. The summed E-state index contributed by atoms with van der Waals surface area (Å²) in [5.74, 6) is 0.323. The van der Waals surface area contributed by atoms with Gasteiger partial charge in [-0.05, 0) is 40.7 Å². The summed E-state index contributed by atoms with van der Waals surface area (Å²) >= 11 is 0. The molecule has 118 valence electrons. The van der Waals surface area contributed by atoms with E-state index in [0.717, 1.165) is 28.3 Å². The van der Waals surface area contributed by atoms with E-state index in [9.17, 15) is 4.79 Å². The SMILES string of the molecule is CCONC(=O)Cc1c(C)nn(-c2nc(C)cc(C)n2)c1C. The van der Waals surface area contributed by atoms with Crippen LogP contribution in [0, 0.1) is 27.7 Å². The summed E-state index contributed by atoms with van der Waals surface area (Å²) in [5.41, 5.74) is 6.66. The smallest absolute Gasteiger partial charge is 0.251 e. The van der Waals surface area contributed by atoms with Crippen molar-refractivity contribution in [3.8, 4) is 5.95 Å². The van der Waals surface area contributed by atoms with Gasteiger partial charge in [-0.3, -0.25) is 9.63 Å². The lowest BCUT2D eigenvalue weighted by Crippen LogP contribution is -2.25. The average Bonchev–Trinajstić information content (AvgIpc) is 2.72. The highest BCUT2D eigenvalue weighted by Gasteiger charge is 2.17. The van der Waals surface area contributed by atoms with Crippen molar-refractivity contribution in [2.75, 3.05) is 6.61 Å². The highest BCUT2D eigenvalue weighted by molar-refractivity contribution is 5.78. The third-order valence-corrected chi connectivity index (χ3v) is 3.27. The van der Waals surface area contributed by atoms with Crippen molar-refractivity contribution in [2.45, 2.75) is 41.0 Å². The summed E-state index contributed by atoms with van der Waals surface area (Å²) in [6.45, 7) is 9.85. The molecule has 0 atom stereocenters. The number of hydroxylamine groups is 1. The van der Waals surface area contributed by atoms with Crippen LogP contribution in [0.3, 0.4) is 0 Å². The molecule has 2 aromatic rings. The Kier molecular flexibility index (Phi) is 4.87. The highest BCUT2D eigenvalue weighted by Crippen LogP contribution is 2.17. The van der Waals surface area contributed by atoms with Crippen LogP contribution in [0.15, 0.2) is 6.07 Å². The molecule has 22 heavy (non-hydrogen) atoms. The molecule has 0 spiro atoms. The summed E-state index contributed by atoms with van der Waals surface area (Å²) in [7, 11) is 0. The number of carbonyl (C=O) groups excluding carboxylic acids is 1. The summed E-state index contributed by atoms with van der Waals surface area (Å²) < 4.78 is 1.68. The fourth-order valence-corrected chi connectivity index (χ4v) is 2.28. The van der Waals surface area contributed by atoms with Gasteiger partial charge in [0.25, 0.3) is 5.95 Å². The number of carbonyl (C=O) groups is 1. The van der Waals surface area contributed by atoms with Crippen LogP contribution in [0.2, 0.25) is 0 Å². The maximum absolute atomic E-state index is 11.8. The Bertz CT molecular complexity index is 673. The zero-order valence-corrected chi connectivity index (χ0v) is 13.6. The van der Waals surface area contributed by atoms with Crippen LogP contribution in [0.4, 0.5) is 0 Å². The van der Waals surface area contributed by atoms with Gasteiger partial charge in [0, 0.05) is 22.6 Å². The van der Waals surface area contributed by atoms with E-state index in [0.29, 0.717) is 12.6 Å². The van der Waals surface area contributed by atoms with E-state index in [2.05, 4.69) is 20.5 Å². The van der Waals surface area contributed by atoms with Crippen molar-refractivity contribution >= 4 is 5.91 Å². The monoisotopic (exact) mass is 303 g/mol. The molecule has 1 amide bonds. The number of rotatable bonds is 5. The molecule has 0 radical (unpaired) electrons. The Morgan fingerprint density at radius 2 is 1.86 bits per heavy atom.